The lowest BCUT2D eigenvalue weighted by molar-refractivity contribution is -0.0464. The molecule has 2 aromatic rings. The number of alkyl halides is 2. The summed E-state index contributed by atoms with van der Waals surface area (Å²) in [5.41, 5.74) is -1.14. The van der Waals surface area contributed by atoms with Crippen molar-refractivity contribution in [2.75, 3.05) is 5.32 Å². The Morgan fingerprint density at radius 3 is 2.70 bits per heavy atom. The van der Waals surface area contributed by atoms with E-state index in [1.165, 1.54) is 29.1 Å². The van der Waals surface area contributed by atoms with Crippen LogP contribution in [0.1, 0.15) is 36.6 Å². The van der Waals surface area contributed by atoms with Gasteiger partial charge in [-0.25, -0.2) is 18.6 Å². The Morgan fingerprint density at radius 2 is 2.07 bits per heavy atom. The van der Waals surface area contributed by atoms with Gasteiger partial charge in [0.25, 0.3) is 11.5 Å². The van der Waals surface area contributed by atoms with E-state index in [-0.39, 0.29) is 34.3 Å². The summed E-state index contributed by atoms with van der Waals surface area (Å²) in [7, 11) is 0. The van der Waals surface area contributed by atoms with Gasteiger partial charge in [-0.15, -0.1) is 0 Å². The average Bonchev–Trinajstić information content (AvgIpc) is 3.46. The van der Waals surface area contributed by atoms with E-state index < -0.39 is 17.5 Å². The van der Waals surface area contributed by atoms with E-state index in [4.69, 9.17) is 11.6 Å². The van der Waals surface area contributed by atoms with E-state index in [1.807, 2.05) is 0 Å². The molecule has 30 heavy (non-hydrogen) atoms. The van der Waals surface area contributed by atoms with Gasteiger partial charge in [-0.05, 0) is 37.5 Å². The fourth-order valence-electron chi connectivity index (χ4n) is 3.36. The number of carbonyl (C=O) groups is 1. The van der Waals surface area contributed by atoms with Crippen LogP contribution in [0.4, 0.5) is 19.3 Å². The number of urea groups is 1. The van der Waals surface area contributed by atoms with E-state index in [9.17, 15) is 18.4 Å². The predicted octanol–water partition coefficient (Wildman–Crippen LogP) is 3.65. The Bertz CT molecular complexity index is 1160. The highest BCUT2D eigenvalue weighted by Gasteiger charge is 2.55. The highest BCUT2D eigenvalue weighted by molar-refractivity contribution is 6.31. The molecule has 1 aliphatic heterocycles. The molecule has 1 saturated carbocycles. The summed E-state index contributed by atoms with van der Waals surface area (Å²) < 4.78 is 31.0. The minimum atomic E-state index is -3.37. The molecule has 1 atom stereocenters. The third-order valence-electron chi connectivity index (χ3n) is 5.20. The van der Waals surface area contributed by atoms with Crippen LogP contribution in [0.2, 0.25) is 5.02 Å². The van der Waals surface area contributed by atoms with Crippen LogP contribution in [-0.2, 0) is 12.1 Å². The molecule has 2 aliphatic rings. The van der Waals surface area contributed by atoms with Gasteiger partial charge in [0.15, 0.2) is 5.54 Å². The predicted molar refractivity (Wildman–Crippen MR) is 109 cm³/mol. The molecule has 0 radical (unpaired) electrons. The average molecular weight is 433 g/mol. The molecule has 1 aliphatic carbocycles. The number of amides is 2. The minimum Gasteiger partial charge on any atom is -0.312 e. The number of nitrogens with zero attached hydrogens (tertiary/aromatic N) is 2. The molecule has 1 fully saturated rings. The van der Waals surface area contributed by atoms with Crippen molar-refractivity contribution in [3.05, 3.63) is 56.7 Å². The first-order valence-electron chi connectivity index (χ1n) is 9.45. The Labute approximate surface area is 176 Å². The summed E-state index contributed by atoms with van der Waals surface area (Å²) in [6.07, 6.45) is 3.10. The van der Waals surface area contributed by atoms with Gasteiger partial charge in [0.2, 0.25) is 0 Å². The summed E-state index contributed by atoms with van der Waals surface area (Å²) in [4.78, 5) is 28.5. The van der Waals surface area contributed by atoms with Crippen LogP contribution in [-0.4, -0.2) is 21.5 Å². The standard InChI is InChI=1S/C21H19ClF2N4O2/c1-12-7-18(29)28(11-25-12)10-14-8-17-15(9-16(14)22)21(20(2,23)24,27-19(30)26-17)6-5-13-3-4-13/h7-9,11,13H,3-4,10H2,1-2H3,(H2,26,27,30). The van der Waals surface area contributed by atoms with Crippen molar-refractivity contribution in [3.8, 4) is 11.8 Å². The van der Waals surface area contributed by atoms with Crippen molar-refractivity contribution in [2.24, 2.45) is 5.92 Å². The van der Waals surface area contributed by atoms with Gasteiger partial charge in [0, 0.05) is 40.9 Å². The van der Waals surface area contributed by atoms with E-state index in [0.29, 0.717) is 11.3 Å². The first-order valence-corrected chi connectivity index (χ1v) is 9.82. The number of anilines is 1. The number of carbonyl (C=O) groups excluding carboxylic acids is 1. The van der Waals surface area contributed by atoms with Gasteiger partial charge in [-0.1, -0.05) is 23.4 Å². The molecule has 0 bridgehead atoms. The zero-order chi connectivity index (χ0) is 21.7. The molecular formula is C21H19ClF2N4O2. The fourth-order valence-corrected chi connectivity index (χ4v) is 3.58. The number of nitrogens with one attached hydrogen (secondary N) is 2. The van der Waals surface area contributed by atoms with Crippen molar-refractivity contribution in [1.29, 1.82) is 0 Å². The molecule has 156 valence electrons. The van der Waals surface area contributed by atoms with Crippen molar-refractivity contribution >= 4 is 23.3 Å². The van der Waals surface area contributed by atoms with Crippen molar-refractivity contribution in [2.45, 2.75) is 44.7 Å². The van der Waals surface area contributed by atoms with Crippen molar-refractivity contribution in [1.82, 2.24) is 14.9 Å². The summed E-state index contributed by atoms with van der Waals surface area (Å²) >= 11 is 6.41. The molecule has 0 spiro atoms. The maximum Gasteiger partial charge on any atom is 0.320 e. The Kier molecular flexibility index (Phi) is 4.82. The Balaban J connectivity index is 1.82. The molecule has 9 heteroatoms. The van der Waals surface area contributed by atoms with Crippen LogP contribution >= 0.6 is 11.6 Å². The van der Waals surface area contributed by atoms with Crippen molar-refractivity contribution in [3.63, 3.8) is 0 Å². The van der Waals surface area contributed by atoms with E-state index in [2.05, 4.69) is 27.5 Å². The van der Waals surface area contributed by atoms with Crippen molar-refractivity contribution < 1.29 is 13.6 Å². The summed E-state index contributed by atoms with van der Waals surface area (Å²) in [6, 6.07) is 3.48. The normalized spacial score (nSPS) is 20.5. The van der Waals surface area contributed by atoms with Gasteiger partial charge in [-0.2, -0.15) is 0 Å². The molecular weight excluding hydrogens is 414 g/mol. The van der Waals surface area contributed by atoms with Gasteiger partial charge >= 0.3 is 6.03 Å². The number of aryl methyl sites for hydroxylation is 1. The van der Waals surface area contributed by atoms with Gasteiger partial charge in [-0.3, -0.25) is 9.36 Å². The summed E-state index contributed by atoms with van der Waals surface area (Å²) in [5, 5.41) is 5.06. The molecule has 1 unspecified atom stereocenters. The monoisotopic (exact) mass is 432 g/mol. The van der Waals surface area contributed by atoms with Crippen LogP contribution in [0.5, 0.6) is 0 Å². The van der Waals surface area contributed by atoms with Gasteiger partial charge < -0.3 is 10.6 Å². The minimum absolute atomic E-state index is 0.0649. The molecule has 1 aromatic carbocycles. The number of rotatable bonds is 3. The lowest BCUT2D eigenvalue weighted by atomic mass is 9.81. The molecule has 0 saturated heterocycles. The lowest BCUT2D eigenvalue weighted by Gasteiger charge is -2.40. The molecule has 2 amide bonds. The number of hydrogen-bond donors (Lipinski definition) is 2. The maximum absolute atomic E-state index is 14.8. The first-order chi connectivity index (χ1) is 14.1. The SMILES string of the molecule is Cc1cc(=O)n(Cc2cc3c(cc2Cl)C(C#CC2CC2)(C(C)(F)F)NC(=O)N3)cn1. The zero-order valence-corrected chi connectivity index (χ0v) is 17.1. The number of hydrogen-bond acceptors (Lipinski definition) is 3. The lowest BCUT2D eigenvalue weighted by Crippen LogP contribution is -2.59. The molecule has 2 N–H and O–H groups in total. The van der Waals surface area contributed by atoms with Gasteiger partial charge in [0.1, 0.15) is 0 Å². The smallest absolute Gasteiger partial charge is 0.312 e. The van der Waals surface area contributed by atoms with Crippen LogP contribution in [0.15, 0.2) is 29.3 Å². The molecule has 6 nitrogen and oxygen atoms in total. The van der Waals surface area contributed by atoms with E-state index >= 15 is 0 Å². The molecule has 2 heterocycles. The second-order valence-corrected chi connectivity index (χ2v) is 8.15. The highest BCUT2D eigenvalue weighted by atomic mass is 35.5. The third kappa shape index (κ3) is 3.65. The van der Waals surface area contributed by atoms with Crippen LogP contribution in [0.25, 0.3) is 0 Å². The van der Waals surface area contributed by atoms with Crippen LogP contribution in [0.3, 0.4) is 0 Å². The van der Waals surface area contributed by atoms with E-state index in [0.717, 1.165) is 19.8 Å². The number of fused-ring (bicyclic) bond motifs is 1. The van der Waals surface area contributed by atoms with Crippen LogP contribution < -0.4 is 16.2 Å². The summed E-state index contributed by atoms with van der Waals surface area (Å²) in [5.74, 6) is 2.19. The number of benzene rings is 1. The molecule has 1 aromatic heterocycles. The maximum atomic E-state index is 14.8. The Morgan fingerprint density at radius 1 is 1.33 bits per heavy atom. The van der Waals surface area contributed by atoms with E-state index in [1.54, 1.807) is 6.92 Å². The fraction of sp³-hybridized carbons (Fsp3) is 0.381. The van der Waals surface area contributed by atoms with Gasteiger partial charge in [0.05, 0.1) is 12.9 Å². The topological polar surface area (TPSA) is 76.0 Å². The second kappa shape index (κ2) is 7.10. The quantitative estimate of drug-likeness (QED) is 0.727. The molecule has 4 rings (SSSR count). The Hall–Kier alpha value is -2.92. The number of halogens is 3. The largest absolute Gasteiger partial charge is 0.320 e. The van der Waals surface area contributed by atoms with Crippen LogP contribution in [0, 0.1) is 24.7 Å². The first kappa shape index (κ1) is 20.4. The third-order valence-corrected chi connectivity index (χ3v) is 5.55. The highest BCUT2D eigenvalue weighted by Crippen LogP contribution is 2.45. The second-order valence-electron chi connectivity index (χ2n) is 7.75. The summed E-state index contributed by atoms with van der Waals surface area (Å²) in [6.45, 7) is 2.50. The number of aromatic nitrogens is 2. The zero-order valence-electron chi connectivity index (χ0n) is 16.4.